The quantitative estimate of drug-likeness (QED) is 0.752. The fourth-order valence-corrected chi connectivity index (χ4v) is 2.85. The van der Waals surface area contributed by atoms with E-state index in [-0.39, 0.29) is 5.91 Å². The van der Waals surface area contributed by atoms with Crippen molar-refractivity contribution >= 4 is 5.91 Å². The number of rotatable bonds is 3. The molecule has 0 aromatic carbocycles. The van der Waals surface area contributed by atoms with Crippen molar-refractivity contribution in [3.05, 3.63) is 0 Å². The number of carbonyl (C=O) groups is 1. The van der Waals surface area contributed by atoms with Crippen LogP contribution in [-0.4, -0.2) is 48.6 Å². The van der Waals surface area contributed by atoms with Crippen LogP contribution in [0.3, 0.4) is 0 Å². The van der Waals surface area contributed by atoms with Crippen molar-refractivity contribution in [2.75, 3.05) is 26.2 Å². The van der Waals surface area contributed by atoms with Gasteiger partial charge in [-0.1, -0.05) is 0 Å². The lowest BCUT2D eigenvalue weighted by atomic mass is 10.00. The summed E-state index contributed by atoms with van der Waals surface area (Å²) in [6.45, 7) is 5.28. The van der Waals surface area contributed by atoms with Gasteiger partial charge in [0.05, 0.1) is 12.6 Å². The van der Waals surface area contributed by atoms with Crippen molar-refractivity contribution in [1.82, 2.24) is 15.5 Å². The van der Waals surface area contributed by atoms with E-state index in [1.165, 1.54) is 0 Å². The Labute approximate surface area is 109 Å². The summed E-state index contributed by atoms with van der Waals surface area (Å²) in [7, 11) is 0. The van der Waals surface area contributed by atoms with Gasteiger partial charge in [-0.2, -0.15) is 5.26 Å². The molecule has 100 valence electrons. The highest BCUT2D eigenvalue weighted by molar-refractivity contribution is 5.79. The number of hydrogen-bond donors (Lipinski definition) is 2. The minimum absolute atomic E-state index is 0.00722. The number of nitrogens with one attached hydrogen (secondary N) is 2. The predicted molar refractivity (Wildman–Crippen MR) is 68.9 cm³/mol. The Morgan fingerprint density at radius 2 is 2.28 bits per heavy atom. The normalized spacial score (nSPS) is 27.7. The Morgan fingerprint density at radius 1 is 1.56 bits per heavy atom. The maximum atomic E-state index is 12.1. The second-order valence-electron chi connectivity index (χ2n) is 5.47. The van der Waals surface area contributed by atoms with Crippen LogP contribution in [0.2, 0.25) is 0 Å². The summed E-state index contributed by atoms with van der Waals surface area (Å²) in [5, 5.41) is 15.5. The fourth-order valence-electron chi connectivity index (χ4n) is 2.85. The van der Waals surface area contributed by atoms with Crippen molar-refractivity contribution in [3.63, 3.8) is 0 Å². The van der Waals surface area contributed by atoms with Gasteiger partial charge < -0.3 is 10.6 Å². The first-order valence-electron chi connectivity index (χ1n) is 6.82. The molecule has 2 rings (SSSR count). The molecule has 0 radical (unpaired) electrons. The van der Waals surface area contributed by atoms with Gasteiger partial charge in [0.1, 0.15) is 5.54 Å². The molecule has 2 fully saturated rings. The van der Waals surface area contributed by atoms with Crippen LogP contribution < -0.4 is 10.6 Å². The van der Waals surface area contributed by atoms with E-state index in [0.717, 1.165) is 45.3 Å². The summed E-state index contributed by atoms with van der Waals surface area (Å²) in [6, 6.07) is 2.67. The van der Waals surface area contributed by atoms with Crippen LogP contribution in [0.1, 0.15) is 32.6 Å². The summed E-state index contributed by atoms with van der Waals surface area (Å²) in [4.78, 5) is 14.2. The molecule has 18 heavy (non-hydrogen) atoms. The van der Waals surface area contributed by atoms with E-state index in [2.05, 4.69) is 28.5 Å². The number of piperazine rings is 1. The first kappa shape index (κ1) is 13.3. The third-order valence-electron chi connectivity index (χ3n) is 4.04. The van der Waals surface area contributed by atoms with Gasteiger partial charge in [-0.05, 0) is 32.6 Å². The van der Waals surface area contributed by atoms with Crippen LogP contribution >= 0.6 is 0 Å². The molecule has 5 nitrogen and oxygen atoms in total. The number of nitriles is 1. The third-order valence-corrected chi connectivity index (χ3v) is 4.04. The van der Waals surface area contributed by atoms with Crippen molar-refractivity contribution in [2.45, 2.75) is 44.2 Å². The highest BCUT2D eigenvalue weighted by Crippen LogP contribution is 2.28. The Morgan fingerprint density at radius 3 is 2.89 bits per heavy atom. The SMILES string of the molecule is CC1CNCCN1CC(=O)NC1(C#N)CCCC1. The second-order valence-corrected chi connectivity index (χ2v) is 5.47. The summed E-state index contributed by atoms with van der Waals surface area (Å²) >= 11 is 0. The molecule has 2 N–H and O–H groups in total. The second kappa shape index (κ2) is 5.68. The van der Waals surface area contributed by atoms with Crippen molar-refractivity contribution in [2.24, 2.45) is 0 Å². The molecule has 0 bridgehead atoms. The van der Waals surface area contributed by atoms with Gasteiger partial charge in [0.15, 0.2) is 0 Å². The molecule has 1 atom stereocenters. The first-order chi connectivity index (χ1) is 8.65. The van der Waals surface area contributed by atoms with Crippen LogP contribution in [0.5, 0.6) is 0 Å². The monoisotopic (exact) mass is 250 g/mol. The molecule has 1 unspecified atom stereocenters. The Bertz CT molecular complexity index is 343. The molecular formula is C13H22N4O. The average Bonchev–Trinajstić information content (AvgIpc) is 2.81. The molecule has 5 heteroatoms. The number of carbonyl (C=O) groups excluding carboxylic acids is 1. The summed E-state index contributed by atoms with van der Waals surface area (Å²) in [5.74, 6) is -0.00722. The molecule has 1 aliphatic heterocycles. The molecule has 0 aromatic rings. The Balaban J connectivity index is 1.86. The number of nitrogens with zero attached hydrogens (tertiary/aromatic N) is 2. The molecule has 1 amide bonds. The van der Waals surface area contributed by atoms with Crippen molar-refractivity contribution < 1.29 is 4.79 Å². The van der Waals surface area contributed by atoms with E-state index in [0.29, 0.717) is 12.6 Å². The number of amides is 1. The molecule has 0 spiro atoms. The first-order valence-corrected chi connectivity index (χ1v) is 6.82. The zero-order valence-electron chi connectivity index (χ0n) is 11.0. The van der Waals surface area contributed by atoms with E-state index >= 15 is 0 Å². The van der Waals surface area contributed by atoms with Crippen LogP contribution in [0, 0.1) is 11.3 Å². The fraction of sp³-hybridized carbons (Fsp3) is 0.846. The molecule has 1 heterocycles. The van der Waals surface area contributed by atoms with Gasteiger partial charge in [-0.25, -0.2) is 0 Å². The Kier molecular flexibility index (Phi) is 4.20. The van der Waals surface area contributed by atoms with E-state index in [1.807, 2.05) is 0 Å². The van der Waals surface area contributed by atoms with Gasteiger partial charge in [0.2, 0.25) is 5.91 Å². The maximum absolute atomic E-state index is 12.1. The van der Waals surface area contributed by atoms with Crippen LogP contribution in [0.4, 0.5) is 0 Å². The minimum Gasteiger partial charge on any atom is -0.337 e. The zero-order chi connectivity index (χ0) is 13.0. The van der Waals surface area contributed by atoms with E-state index < -0.39 is 5.54 Å². The lowest BCUT2D eigenvalue weighted by Crippen LogP contribution is -2.55. The van der Waals surface area contributed by atoms with E-state index in [1.54, 1.807) is 0 Å². The van der Waals surface area contributed by atoms with Crippen molar-refractivity contribution in [3.8, 4) is 6.07 Å². The molecule has 1 saturated heterocycles. The molecule has 1 saturated carbocycles. The van der Waals surface area contributed by atoms with Gasteiger partial charge in [0, 0.05) is 25.7 Å². The smallest absolute Gasteiger partial charge is 0.235 e. The highest BCUT2D eigenvalue weighted by Gasteiger charge is 2.35. The van der Waals surface area contributed by atoms with Gasteiger partial charge in [-0.15, -0.1) is 0 Å². The zero-order valence-corrected chi connectivity index (χ0v) is 11.0. The number of hydrogen-bond acceptors (Lipinski definition) is 4. The van der Waals surface area contributed by atoms with Gasteiger partial charge >= 0.3 is 0 Å². The highest BCUT2D eigenvalue weighted by atomic mass is 16.2. The van der Waals surface area contributed by atoms with Crippen LogP contribution in [0.15, 0.2) is 0 Å². The summed E-state index contributed by atoms with van der Waals surface area (Å²) in [5.41, 5.74) is -0.589. The molecular weight excluding hydrogens is 228 g/mol. The minimum atomic E-state index is -0.589. The predicted octanol–water partition coefficient (Wildman–Crippen LogP) is 0.233. The van der Waals surface area contributed by atoms with Crippen molar-refractivity contribution in [1.29, 1.82) is 5.26 Å². The maximum Gasteiger partial charge on any atom is 0.235 e. The average molecular weight is 250 g/mol. The van der Waals surface area contributed by atoms with Crippen LogP contribution in [-0.2, 0) is 4.79 Å². The third kappa shape index (κ3) is 3.01. The Hall–Kier alpha value is -1.12. The van der Waals surface area contributed by atoms with E-state index in [4.69, 9.17) is 0 Å². The van der Waals surface area contributed by atoms with Crippen LogP contribution in [0.25, 0.3) is 0 Å². The molecule has 0 aromatic heterocycles. The van der Waals surface area contributed by atoms with E-state index in [9.17, 15) is 10.1 Å². The molecule has 1 aliphatic carbocycles. The lowest BCUT2D eigenvalue weighted by Gasteiger charge is -2.34. The standard InChI is InChI=1S/C13H22N4O/c1-11-8-15-6-7-17(11)9-12(18)16-13(10-14)4-2-3-5-13/h11,15H,2-9H2,1H3,(H,16,18). The lowest BCUT2D eigenvalue weighted by molar-refractivity contribution is -0.124. The van der Waals surface area contributed by atoms with Gasteiger partial charge in [-0.3, -0.25) is 9.69 Å². The van der Waals surface area contributed by atoms with Gasteiger partial charge in [0.25, 0.3) is 0 Å². The largest absolute Gasteiger partial charge is 0.337 e. The summed E-state index contributed by atoms with van der Waals surface area (Å²) < 4.78 is 0. The summed E-state index contributed by atoms with van der Waals surface area (Å²) in [6.07, 6.45) is 3.68. The molecule has 2 aliphatic rings. The topological polar surface area (TPSA) is 68.2 Å².